The molecular weight excluding hydrogens is 588 g/mol. The van der Waals surface area contributed by atoms with Crippen molar-refractivity contribution in [3.63, 3.8) is 0 Å². The Morgan fingerprint density at radius 2 is 1.77 bits per heavy atom. The van der Waals surface area contributed by atoms with Crippen LogP contribution in [-0.4, -0.2) is 67.8 Å². The Balaban J connectivity index is 1.27. The van der Waals surface area contributed by atoms with Crippen LogP contribution in [0.5, 0.6) is 0 Å². The summed E-state index contributed by atoms with van der Waals surface area (Å²) in [5.74, 6) is -0.799. The molecule has 1 aliphatic rings. The maximum absolute atomic E-state index is 16.2. The van der Waals surface area contributed by atoms with E-state index in [4.69, 9.17) is 4.98 Å². The van der Waals surface area contributed by atoms with Crippen LogP contribution in [-0.2, 0) is 23.1 Å². The van der Waals surface area contributed by atoms with Crippen LogP contribution < -0.4 is 4.72 Å². The molecule has 1 saturated heterocycles. The number of benzene rings is 1. The number of aromatic amines is 2. The van der Waals surface area contributed by atoms with Gasteiger partial charge < -0.3 is 4.98 Å². The van der Waals surface area contributed by atoms with Crippen LogP contribution in [0.2, 0.25) is 0 Å². The number of nitrogens with one attached hydrogen (secondary N) is 3. The number of sulfonamides is 1. The summed E-state index contributed by atoms with van der Waals surface area (Å²) >= 11 is 0. The zero-order valence-electron chi connectivity index (χ0n) is 23.6. The van der Waals surface area contributed by atoms with Gasteiger partial charge in [-0.05, 0) is 73.0 Å². The molecule has 0 saturated carbocycles. The van der Waals surface area contributed by atoms with Gasteiger partial charge in [0.05, 0.1) is 11.6 Å². The molecule has 6 heterocycles. The van der Waals surface area contributed by atoms with Crippen molar-refractivity contribution in [3.05, 3.63) is 77.9 Å². The number of hydrogen-bond donors (Lipinski definition) is 3. The normalized spacial score (nSPS) is 14.2. The van der Waals surface area contributed by atoms with Gasteiger partial charge in [-0.3, -0.25) is 15.0 Å². The molecule has 0 radical (unpaired) electrons. The van der Waals surface area contributed by atoms with Gasteiger partial charge in [-0.25, -0.2) is 36.9 Å². The monoisotopic (exact) mass is 615 g/mol. The van der Waals surface area contributed by atoms with E-state index in [-0.39, 0.29) is 29.1 Å². The fraction of sp³-hybridized carbons (Fsp3) is 0.233. The minimum atomic E-state index is -3.47. The van der Waals surface area contributed by atoms with Gasteiger partial charge in [0.1, 0.15) is 22.8 Å². The molecule has 0 spiro atoms. The summed E-state index contributed by atoms with van der Waals surface area (Å²) in [6.07, 6.45) is 9.83. The third-order valence-electron chi connectivity index (χ3n) is 7.65. The third-order valence-corrected chi connectivity index (χ3v) is 8.32. The number of aromatic nitrogens is 7. The zero-order valence-corrected chi connectivity index (χ0v) is 24.4. The van der Waals surface area contributed by atoms with Gasteiger partial charge in [0, 0.05) is 54.6 Å². The number of rotatable bonds is 8. The number of likely N-dealkylation sites (tertiary alicyclic amines) is 1. The van der Waals surface area contributed by atoms with Gasteiger partial charge >= 0.3 is 0 Å². The zero-order chi connectivity index (χ0) is 30.4. The van der Waals surface area contributed by atoms with Crippen molar-refractivity contribution in [2.75, 3.05) is 19.3 Å². The molecule has 1 fully saturated rings. The quantitative estimate of drug-likeness (QED) is 0.226. The molecule has 5 aromatic heterocycles. The first-order chi connectivity index (χ1) is 21.2. The Labute approximate surface area is 250 Å². The maximum Gasteiger partial charge on any atom is 0.209 e. The van der Waals surface area contributed by atoms with E-state index in [0.29, 0.717) is 39.0 Å². The SMILES string of the molecule is CS(=O)(=O)NCc1cc(F)cc(-c2ccnc3[nH]c(-c4n[nH]c5ncc(-c6cncc(CN7CCCC7)c6)c(F)c45)nc23)c1. The predicted molar refractivity (Wildman–Crippen MR) is 162 cm³/mol. The van der Waals surface area contributed by atoms with Crippen molar-refractivity contribution in [1.29, 1.82) is 0 Å². The molecule has 0 bridgehead atoms. The first-order valence-electron chi connectivity index (χ1n) is 14.0. The predicted octanol–water partition coefficient (Wildman–Crippen LogP) is 4.55. The van der Waals surface area contributed by atoms with E-state index in [0.717, 1.165) is 31.5 Å². The summed E-state index contributed by atoms with van der Waals surface area (Å²) in [6.45, 7) is 2.76. The molecule has 1 aromatic carbocycles. The Morgan fingerprint density at radius 1 is 0.955 bits per heavy atom. The molecule has 3 N–H and O–H groups in total. The molecular formula is C30H27F2N9O2S. The summed E-state index contributed by atoms with van der Waals surface area (Å²) < 4.78 is 56.3. The van der Waals surface area contributed by atoms with Crippen molar-refractivity contribution in [2.24, 2.45) is 0 Å². The number of hydrogen-bond acceptors (Lipinski definition) is 8. The van der Waals surface area contributed by atoms with Crippen molar-refractivity contribution >= 4 is 32.2 Å². The lowest BCUT2D eigenvalue weighted by molar-refractivity contribution is 0.331. The van der Waals surface area contributed by atoms with Crippen LogP contribution >= 0.6 is 0 Å². The highest BCUT2D eigenvalue weighted by Gasteiger charge is 2.22. The van der Waals surface area contributed by atoms with Crippen LogP contribution in [0.15, 0.2) is 55.1 Å². The van der Waals surface area contributed by atoms with E-state index >= 15 is 4.39 Å². The molecule has 0 amide bonds. The standard InChI is InChI=1S/C30H27F2N9O2S/c1-44(42,43)36-13-17-8-19(11-21(31)10-17)22-4-5-34-29-26(22)37-30(38-29)27-24-25(32)23(15-35-28(24)40-39-27)20-9-18(12-33-14-20)16-41-6-2-3-7-41/h4-5,8-12,14-15,36H,2-3,6-7,13,16H2,1H3,(H,34,37,38)(H,35,39,40). The van der Waals surface area contributed by atoms with Crippen molar-refractivity contribution < 1.29 is 17.2 Å². The topological polar surface area (TPSA) is 145 Å². The number of nitrogens with zero attached hydrogens (tertiary/aromatic N) is 6. The maximum atomic E-state index is 16.2. The van der Waals surface area contributed by atoms with Gasteiger partial charge in [-0.15, -0.1) is 0 Å². The Morgan fingerprint density at radius 3 is 2.59 bits per heavy atom. The van der Waals surface area contributed by atoms with E-state index in [1.807, 2.05) is 6.07 Å². The highest BCUT2D eigenvalue weighted by molar-refractivity contribution is 7.88. The molecule has 6 aromatic rings. The summed E-state index contributed by atoms with van der Waals surface area (Å²) in [4.78, 5) is 23.3. The molecule has 224 valence electrons. The second-order valence-corrected chi connectivity index (χ2v) is 12.8. The lowest BCUT2D eigenvalue weighted by Gasteiger charge is -2.15. The van der Waals surface area contributed by atoms with Crippen molar-refractivity contribution in [2.45, 2.75) is 25.9 Å². The molecule has 44 heavy (non-hydrogen) atoms. The van der Waals surface area contributed by atoms with Gasteiger partial charge in [0.15, 0.2) is 17.1 Å². The first-order valence-corrected chi connectivity index (χ1v) is 15.9. The highest BCUT2D eigenvalue weighted by atomic mass is 32.2. The van der Waals surface area contributed by atoms with Gasteiger partial charge in [0.2, 0.25) is 10.0 Å². The van der Waals surface area contributed by atoms with E-state index in [1.54, 1.807) is 30.7 Å². The number of H-pyrrole nitrogens is 2. The van der Waals surface area contributed by atoms with Gasteiger partial charge in [-0.2, -0.15) is 5.10 Å². The first kappa shape index (κ1) is 28.1. The minimum absolute atomic E-state index is 0.0752. The molecule has 11 nitrogen and oxygen atoms in total. The van der Waals surface area contributed by atoms with Crippen molar-refractivity contribution in [3.8, 4) is 33.8 Å². The van der Waals surface area contributed by atoms with E-state index in [1.165, 1.54) is 31.2 Å². The summed E-state index contributed by atoms with van der Waals surface area (Å²) in [7, 11) is -3.47. The Kier molecular flexibility index (Phi) is 7.11. The second-order valence-electron chi connectivity index (χ2n) is 10.9. The average Bonchev–Trinajstić information content (AvgIpc) is 3.75. The smallest absolute Gasteiger partial charge is 0.209 e. The van der Waals surface area contributed by atoms with Gasteiger partial charge in [-0.1, -0.05) is 0 Å². The van der Waals surface area contributed by atoms with Crippen LogP contribution in [0, 0.1) is 11.6 Å². The largest absolute Gasteiger partial charge is 0.321 e. The molecule has 0 unspecified atom stereocenters. The van der Waals surface area contributed by atoms with Crippen LogP contribution in [0.3, 0.4) is 0 Å². The number of pyridine rings is 3. The van der Waals surface area contributed by atoms with Crippen LogP contribution in [0.1, 0.15) is 24.0 Å². The van der Waals surface area contributed by atoms with Gasteiger partial charge in [0.25, 0.3) is 0 Å². The molecule has 14 heteroatoms. The number of imidazole rings is 1. The van der Waals surface area contributed by atoms with Crippen LogP contribution in [0.4, 0.5) is 8.78 Å². The van der Waals surface area contributed by atoms with Crippen molar-refractivity contribution in [1.82, 2.24) is 44.7 Å². The average molecular weight is 616 g/mol. The molecule has 7 rings (SSSR count). The van der Waals surface area contributed by atoms with Crippen LogP contribution in [0.25, 0.3) is 56.0 Å². The highest BCUT2D eigenvalue weighted by Crippen LogP contribution is 2.34. The fourth-order valence-electron chi connectivity index (χ4n) is 5.63. The molecule has 1 aliphatic heterocycles. The summed E-state index contributed by atoms with van der Waals surface area (Å²) in [6, 6.07) is 7.89. The lowest BCUT2D eigenvalue weighted by atomic mass is 10.0. The fourth-order valence-corrected chi connectivity index (χ4v) is 6.05. The minimum Gasteiger partial charge on any atom is -0.321 e. The van der Waals surface area contributed by atoms with E-state index in [9.17, 15) is 12.8 Å². The lowest BCUT2D eigenvalue weighted by Crippen LogP contribution is -2.21. The van der Waals surface area contributed by atoms with E-state index < -0.39 is 21.7 Å². The second kappa shape index (κ2) is 11.1. The van der Waals surface area contributed by atoms with E-state index in [2.05, 4.69) is 39.8 Å². The summed E-state index contributed by atoms with van der Waals surface area (Å²) in [5, 5.41) is 7.27. The Bertz CT molecular complexity index is 2140. The molecule has 0 aliphatic carbocycles. The Hall–Kier alpha value is -4.66. The summed E-state index contributed by atoms with van der Waals surface area (Å²) in [5.41, 5.74) is 4.64. The number of halogens is 2. The number of fused-ring (bicyclic) bond motifs is 2. The third kappa shape index (κ3) is 5.54. The molecule has 0 atom stereocenters.